The molecule has 2 unspecified atom stereocenters. The summed E-state index contributed by atoms with van der Waals surface area (Å²) in [5, 5.41) is 0. The molecule has 1 aromatic carbocycles. The Morgan fingerprint density at radius 2 is 2.26 bits per heavy atom. The largest absolute Gasteiger partial charge is 0.338 e. The van der Waals surface area contributed by atoms with Gasteiger partial charge >= 0.3 is 0 Å². The van der Waals surface area contributed by atoms with Gasteiger partial charge in [0, 0.05) is 23.6 Å². The van der Waals surface area contributed by atoms with Crippen LogP contribution in [0.5, 0.6) is 0 Å². The zero-order chi connectivity index (χ0) is 13.3. The summed E-state index contributed by atoms with van der Waals surface area (Å²) in [6, 6.07) is 4.48. The summed E-state index contributed by atoms with van der Waals surface area (Å²) in [6.07, 6.45) is 0.888. The number of benzene rings is 1. The van der Waals surface area contributed by atoms with Crippen LogP contribution in [0, 0.1) is 11.7 Å². The van der Waals surface area contributed by atoms with E-state index in [0.717, 1.165) is 6.42 Å². The molecular weight excluding hydrogens is 335 g/mol. The van der Waals surface area contributed by atoms with E-state index >= 15 is 0 Å². The van der Waals surface area contributed by atoms with Crippen LogP contribution in [0.2, 0.25) is 0 Å². The maximum atomic E-state index is 13.6. The van der Waals surface area contributed by atoms with Crippen molar-refractivity contribution in [2.24, 2.45) is 11.7 Å². The van der Waals surface area contributed by atoms with Gasteiger partial charge in [-0.2, -0.15) is 0 Å². The highest BCUT2D eigenvalue weighted by Crippen LogP contribution is 2.23. The summed E-state index contributed by atoms with van der Waals surface area (Å²) in [5.74, 6) is -0.423. The molecule has 2 atom stereocenters. The van der Waals surface area contributed by atoms with Crippen LogP contribution in [0.25, 0.3) is 0 Å². The van der Waals surface area contributed by atoms with Crippen LogP contribution in [-0.4, -0.2) is 29.9 Å². The third-order valence-corrected chi connectivity index (χ3v) is 3.91. The van der Waals surface area contributed by atoms with E-state index in [2.05, 4.69) is 15.9 Å². The normalized spacial score (nSPS) is 20.0. The predicted molar refractivity (Wildman–Crippen MR) is 79.0 cm³/mol. The Morgan fingerprint density at radius 3 is 2.84 bits per heavy atom. The molecule has 0 bridgehead atoms. The SMILES string of the molecule is CC(N)C1CCN(C(=O)c2cc(Br)ccc2F)C1.Cl. The molecule has 1 aliphatic heterocycles. The molecule has 106 valence electrons. The lowest BCUT2D eigenvalue weighted by Gasteiger charge is -2.18. The fraction of sp³-hybridized carbons (Fsp3) is 0.462. The molecule has 1 aliphatic rings. The molecule has 1 aromatic rings. The Morgan fingerprint density at radius 1 is 1.58 bits per heavy atom. The van der Waals surface area contributed by atoms with E-state index in [0.29, 0.717) is 23.5 Å². The van der Waals surface area contributed by atoms with Crippen LogP contribution in [0.1, 0.15) is 23.7 Å². The van der Waals surface area contributed by atoms with E-state index in [-0.39, 0.29) is 29.9 Å². The zero-order valence-electron chi connectivity index (χ0n) is 10.6. The van der Waals surface area contributed by atoms with Gasteiger partial charge in [0.2, 0.25) is 0 Å². The minimum absolute atomic E-state index is 0. The number of hydrogen-bond acceptors (Lipinski definition) is 2. The highest BCUT2D eigenvalue weighted by atomic mass is 79.9. The summed E-state index contributed by atoms with van der Waals surface area (Å²) in [5.41, 5.74) is 5.95. The van der Waals surface area contributed by atoms with Crippen LogP contribution in [0.3, 0.4) is 0 Å². The minimum Gasteiger partial charge on any atom is -0.338 e. The molecule has 0 saturated carbocycles. The van der Waals surface area contributed by atoms with Crippen molar-refractivity contribution < 1.29 is 9.18 Å². The van der Waals surface area contributed by atoms with E-state index in [9.17, 15) is 9.18 Å². The molecule has 2 rings (SSSR count). The van der Waals surface area contributed by atoms with Gasteiger partial charge in [-0.1, -0.05) is 15.9 Å². The van der Waals surface area contributed by atoms with Gasteiger partial charge in [0.15, 0.2) is 0 Å². The summed E-state index contributed by atoms with van der Waals surface area (Å²) in [7, 11) is 0. The minimum atomic E-state index is -0.479. The molecule has 6 heteroatoms. The average molecular weight is 352 g/mol. The first-order chi connectivity index (χ1) is 8.49. The number of likely N-dealkylation sites (tertiary alicyclic amines) is 1. The van der Waals surface area contributed by atoms with E-state index in [1.807, 2.05) is 6.92 Å². The number of amides is 1. The molecule has 1 fully saturated rings. The van der Waals surface area contributed by atoms with Gasteiger partial charge in [-0.15, -0.1) is 12.4 Å². The van der Waals surface area contributed by atoms with Crippen molar-refractivity contribution in [2.45, 2.75) is 19.4 Å². The highest BCUT2D eigenvalue weighted by Gasteiger charge is 2.30. The second kappa shape index (κ2) is 6.68. The Labute approximate surface area is 126 Å². The molecule has 1 heterocycles. The number of halogens is 3. The fourth-order valence-electron chi connectivity index (χ4n) is 2.23. The van der Waals surface area contributed by atoms with Gasteiger partial charge in [-0.05, 0) is 37.5 Å². The summed E-state index contributed by atoms with van der Waals surface area (Å²) >= 11 is 3.25. The number of carbonyl (C=O) groups excluding carboxylic acids is 1. The molecular formula is C13H17BrClFN2O. The van der Waals surface area contributed by atoms with Gasteiger partial charge in [-0.3, -0.25) is 4.79 Å². The topological polar surface area (TPSA) is 46.3 Å². The first kappa shape index (κ1) is 16.4. The van der Waals surface area contributed by atoms with Crippen molar-refractivity contribution in [3.63, 3.8) is 0 Å². The molecule has 0 spiro atoms. The third-order valence-electron chi connectivity index (χ3n) is 3.41. The Balaban J connectivity index is 0.00000180. The number of nitrogens with two attached hydrogens (primary N) is 1. The highest BCUT2D eigenvalue weighted by molar-refractivity contribution is 9.10. The number of carbonyl (C=O) groups is 1. The molecule has 0 aromatic heterocycles. The van der Waals surface area contributed by atoms with Crippen LogP contribution in [-0.2, 0) is 0 Å². The first-order valence-corrected chi connectivity index (χ1v) is 6.78. The van der Waals surface area contributed by atoms with Gasteiger partial charge in [0.25, 0.3) is 5.91 Å². The number of hydrogen-bond donors (Lipinski definition) is 1. The fourth-order valence-corrected chi connectivity index (χ4v) is 2.59. The molecule has 1 amide bonds. The standard InChI is InChI=1S/C13H16BrFN2O.ClH/c1-8(16)9-4-5-17(7-9)13(18)11-6-10(14)2-3-12(11)15;/h2-3,6,8-9H,4-5,7,16H2,1H3;1H. The summed E-state index contributed by atoms with van der Waals surface area (Å²) in [4.78, 5) is 13.9. The van der Waals surface area contributed by atoms with Crippen LogP contribution >= 0.6 is 28.3 Å². The van der Waals surface area contributed by atoms with Crippen molar-refractivity contribution in [3.05, 3.63) is 34.1 Å². The maximum absolute atomic E-state index is 13.6. The average Bonchev–Trinajstić information content (AvgIpc) is 2.81. The Hall–Kier alpha value is -0.650. The van der Waals surface area contributed by atoms with Crippen molar-refractivity contribution in [2.75, 3.05) is 13.1 Å². The van der Waals surface area contributed by atoms with Crippen LogP contribution in [0.4, 0.5) is 4.39 Å². The van der Waals surface area contributed by atoms with E-state index in [4.69, 9.17) is 5.73 Å². The summed E-state index contributed by atoms with van der Waals surface area (Å²) in [6.45, 7) is 3.21. The second-order valence-electron chi connectivity index (χ2n) is 4.78. The van der Waals surface area contributed by atoms with Crippen molar-refractivity contribution in [1.82, 2.24) is 4.90 Å². The quantitative estimate of drug-likeness (QED) is 0.890. The van der Waals surface area contributed by atoms with Crippen LogP contribution in [0.15, 0.2) is 22.7 Å². The van der Waals surface area contributed by atoms with E-state index in [1.54, 1.807) is 11.0 Å². The Kier molecular flexibility index (Phi) is 5.77. The lowest BCUT2D eigenvalue weighted by atomic mass is 10.0. The van der Waals surface area contributed by atoms with Crippen molar-refractivity contribution >= 4 is 34.2 Å². The molecule has 1 saturated heterocycles. The second-order valence-corrected chi connectivity index (χ2v) is 5.70. The number of rotatable bonds is 2. The predicted octanol–water partition coefficient (Wildman–Crippen LogP) is 2.82. The first-order valence-electron chi connectivity index (χ1n) is 5.99. The smallest absolute Gasteiger partial charge is 0.256 e. The molecule has 3 nitrogen and oxygen atoms in total. The van der Waals surface area contributed by atoms with E-state index < -0.39 is 5.82 Å². The lowest BCUT2D eigenvalue weighted by Crippen LogP contribution is -2.33. The van der Waals surface area contributed by atoms with Crippen molar-refractivity contribution in [3.8, 4) is 0 Å². The third kappa shape index (κ3) is 3.68. The van der Waals surface area contributed by atoms with Gasteiger partial charge in [0.1, 0.15) is 5.82 Å². The summed E-state index contributed by atoms with van der Waals surface area (Å²) < 4.78 is 14.3. The monoisotopic (exact) mass is 350 g/mol. The van der Waals surface area contributed by atoms with Gasteiger partial charge < -0.3 is 10.6 Å². The van der Waals surface area contributed by atoms with E-state index in [1.165, 1.54) is 12.1 Å². The Bertz CT molecular complexity index is 470. The van der Waals surface area contributed by atoms with Gasteiger partial charge in [0.05, 0.1) is 5.56 Å². The molecule has 0 aliphatic carbocycles. The molecule has 0 radical (unpaired) electrons. The maximum Gasteiger partial charge on any atom is 0.256 e. The van der Waals surface area contributed by atoms with Crippen LogP contribution < -0.4 is 5.73 Å². The number of nitrogens with zero attached hydrogens (tertiary/aromatic N) is 1. The van der Waals surface area contributed by atoms with Gasteiger partial charge in [-0.25, -0.2) is 4.39 Å². The molecule has 2 N–H and O–H groups in total. The van der Waals surface area contributed by atoms with Crippen molar-refractivity contribution in [1.29, 1.82) is 0 Å². The zero-order valence-corrected chi connectivity index (χ0v) is 13.0. The molecule has 19 heavy (non-hydrogen) atoms. The lowest BCUT2D eigenvalue weighted by molar-refractivity contribution is 0.0781.